The summed E-state index contributed by atoms with van der Waals surface area (Å²) in [5.41, 5.74) is 0.904. The summed E-state index contributed by atoms with van der Waals surface area (Å²) >= 11 is 7.35. The minimum Gasteiger partial charge on any atom is -0.478 e. The van der Waals surface area contributed by atoms with E-state index in [1.165, 1.54) is 29.2 Å². The molecular formula is C23H18Br2N2O5. The fourth-order valence-electron chi connectivity index (χ4n) is 5.34. The Balaban J connectivity index is 1.36. The Kier molecular flexibility index (Phi) is 5.21. The quantitative estimate of drug-likeness (QED) is 0.435. The van der Waals surface area contributed by atoms with Crippen molar-refractivity contribution >= 4 is 66.9 Å². The first-order valence-electron chi connectivity index (χ1n) is 10.2. The number of rotatable bonds is 4. The van der Waals surface area contributed by atoms with Crippen molar-refractivity contribution in [3.05, 3.63) is 59.7 Å². The van der Waals surface area contributed by atoms with Gasteiger partial charge in [0.2, 0.25) is 11.8 Å². The number of para-hydroxylation sites is 1. The molecule has 5 rings (SSSR count). The summed E-state index contributed by atoms with van der Waals surface area (Å²) in [7, 11) is 0. The second-order valence-corrected chi connectivity index (χ2v) is 10.5. The number of carbonyl (C=O) groups is 4. The second-order valence-electron chi connectivity index (χ2n) is 8.37. The molecule has 2 bridgehead atoms. The van der Waals surface area contributed by atoms with E-state index in [2.05, 4.69) is 37.2 Å². The maximum absolute atomic E-state index is 13.1. The number of alkyl halides is 2. The minimum atomic E-state index is -1.14. The highest BCUT2D eigenvalue weighted by molar-refractivity contribution is 9.12. The van der Waals surface area contributed by atoms with Crippen molar-refractivity contribution in [2.45, 2.75) is 16.1 Å². The summed E-state index contributed by atoms with van der Waals surface area (Å²) in [6.45, 7) is 0. The van der Waals surface area contributed by atoms with E-state index in [1.54, 1.807) is 24.3 Å². The Morgan fingerprint density at radius 1 is 0.906 bits per heavy atom. The third-order valence-corrected chi connectivity index (χ3v) is 9.99. The Bertz CT molecular complexity index is 1120. The predicted octanol–water partition coefficient (Wildman–Crippen LogP) is 3.92. The number of imide groups is 1. The van der Waals surface area contributed by atoms with E-state index in [4.69, 9.17) is 0 Å². The topological polar surface area (TPSA) is 104 Å². The van der Waals surface area contributed by atoms with Crippen LogP contribution in [0.3, 0.4) is 0 Å². The number of carboxylic acid groups (broad SMARTS) is 1. The first kappa shape index (κ1) is 21.3. The molecule has 2 aromatic rings. The van der Waals surface area contributed by atoms with Gasteiger partial charge in [-0.1, -0.05) is 44.0 Å². The smallest absolute Gasteiger partial charge is 0.337 e. The molecule has 2 saturated carbocycles. The predicted molar refractivity (Wildman–Crippen MR) is 124 cm³/mol. The van der Waals surface area contributed by atoms with Gasteiger partial charge in [-0.3, -0.25) is 19.3 Å². The number of benzene rings is 2. The molecule has 3 fully saturated rings. The minimum absolute atomic E-state index is 0.0120. The lowest BCUT2D eigenvalue weighted by molar-refractivity contribution is -0.123. The monoisotopic (exact) mass is 560 g/mol. The number of fused-ring (bicyclic) bond motifs is 5. The van der Waals surface area contributed by atoms with E-state index in [0.29, 0.717) is 5.69 Å². The van der Waals surface area contributed by atoms with Gasteiger partial charge in [-0.15, -0.1) is 0 Å². The maximum Gasteiger partial charge on any atom is 0.337 e. The van der Waals surface area contributed by atoms with E-state index in [9.17, 15) is 24.3 Å². The highest BCUT2D eigenvalue weighted by Gasteiger charge is 2.66. The number of aromatic carboxylic acids is 1. The number of nitrogens with zero attached hydrogens (tertiary/aromatic N) is 1. The molecule has 3 aliphatic rings. The Labute approximate surface area is 200 Å². The SMILES string of the molecule is O=C(Nc1ccccc1C(=O)O)c1ccc(N2C(=O)[C@@H]3[C@H]4C[C@@H]([C@@H](Br)[C@H]4Br)[C@H]3C2=O)cc1. The molecule has 164 valence electrons. The first-order valence-corrected chi connectivity index (χ1v) is 12.0. The lowest BCUT2D eigenvalue weighted by Crippen LogP contribution is -2.37. The van der Waals surface area contributed by atoms with Crippen molar-refractivity contribution in [3.63, 3.8) is 0 Å². The fraction of sp³-hybridized carbons (Fsp3) is 0.304. The molecule has 0 aromatic heterocycles. The summed E-state index contributed by atoms with van der Waals surface area (Å²) in [4.78, 5) is 51.8. The lowest BCUT2D eigenvalue weighted by Gasteiger charge is -2.28. The zero-order chi connectivity index (χ0) is 22.7. The Morgan fingerprint density at radius 3 is 2.03 bits per heavy atom. The van der Waals surface area contributed by atoms with Gasteiger partial charge in [0.05, 0.1) is 28.8 Å². The molecule has 7 nitrogen and oxygen atoms in total. The third kappa shape index (κ3) is 3.13. The molecule has 1 heterocycles. The van der Waals surface area contributed by atoms with Crippen LogP contribution >= 0.6 is 31.9 Å². The van der Waals surface area contributed by atoms with Crippen LogP contribution in [0.25, 0.3) is 0 Å². The van der Waals surface area contributed by atoms with E-state index in [-0.39, 0.29) is 62.0 Å². The van der Waals surface area contributed by atoms with Crippen LogP contribution in [0, 0.1) is 23.7 Å². The van der Waals surface area contributed by atoms with Crippen molar-refractivity contribution in [2.24, 2.45) is 23.7 Å². The van der Waals surface area contributed by atoms with Crippen molar-refractivity contribution in [3.8, 4) is 0 Å². The summed E-state index contributed by atoms with van der Waals surface area (Å²) < 4.78 is 0. The Morgan fingerprint density at radius 2 is 1.47 bits per heavy atom. The van der Waals surface area contributed by atoms with Crippen molar-refractivity contribution in [1.29, 1.82) is 0 Å². The average Bonchev–Trinajstić information content (AvgIpc) is 3.39. The number of anilines is 2. The van der Waals surface area contributed by atoms with Crippen LogP contribution in [0.4, 0.5) is 11.4 Å². The second kappa shape index (κ2) is 7.81. The average molecular weight is 562 g/mol. The molecule has 1 aliphatic heterocycles. The van der Waals surface area contributed by atoms with Gasteiger partial charge in [0.25, 0.3) is 5.91 Å². The van der Waals surface area contributed by atoms with Crippen molar-refractivity contribution in [2.75, 3.05) is 10.2 Å². The zero-order valence-corrected chi connectivity index (χ0v) is 19.7. The van der Waals surface area contributed by atoms with Gasteiger partial charge >= 0.3 is 5.97 Å². The van der Waals surface area contributed by atoms with Crippen LogP contribution < -0.4 is 10.2 Å². The highest BCUT2D eigenvalue weighted by atomic mass is 79.9. The molecular weight excluding hydrogens is 544 g/mol. The van der Waals surface area contributed by atoms with Gasteiger partial charge in [0.15, 0.2) is 0 Å². The van der Waals surface area contributed by atoms with E-state index < -0.39 is 11.9 Å². The van der Waals surface area contributed by atoms with Crippen LogP contribution in [-0.4, -0.2) is 38.5 Å². The number of hydrogen-bond acceptors (Lipinski definition) is 4. The third-order valence-electron chi connectivity index (χ3n) is 6.78. The molecule has 6 atom stereocenters. The van der Waals surface area contributed by atoms with E-state index >= 15 is 0 Å². The van der Waals surface area contributed by atoms with Crippen LogP contribution in [-0.2, 0) is 9.59 Å². The van der Waals surface area contributed by atoms with Crippen LogP contribution in [0.1, 0.15) is 27.1 Å². The summed E-state index contributed by atoms with van der Waals surface area (Å²) in [5, 5.41) is 11.9. The number of amides is 3. The van der Waals surface area contributed by atoms with Gasteiger partial charge in [0, 0.05) is 15.2 Å². The van der Waals surface area contributed by atoms with E-state index in [0.717, 1.165) is 6.42 Å². The normalized spacial score (nSPS) is 30.5. The molecule has 3 amide bonds. The van der Waals surface area contributed by atoms with Crippen LogP contribution in [0.15, 0.2) is 48.5 Å². The number of halogens is 2. The lowest BCUT2D eigenvalue weighted by atomic mass is 9.81. The molecule has 0 unspecified atom stereocenters. The number of hydrogen-bond donors (Lipinski definition) is 2. The van der Waals surface area contributed by atoms with Gasteiger partial charge in [-0.2, -0.15) is 0 Å². The molecule has 1 saturated heterocycles. The van der Waals surface area contributed by atoms with Crippen molar-refractivity contribution < 1.29 is 24.3 Å². The highest BCUT2D eigenvalue weighted by Crippen LogP contribution is 2.60. The van der Waals surface area contributed by atoms with Crippen LogP contribution in [0.5, 0.6) is 0 Å². The standard InChI is InChI=1S/C23H18Br2N2O5/c24-18-13-9-14(19(18)25)17-16(13)21(29)27(22(17)30)11-7-5-10(6-8-11)20(28)26-15-4-2-1-3-12(15)23(31)32/h1-8,13-14,16-19H,9H2,(H,26,28)(H,31,32)/t13-,14-,16-,17-,18-,19+/m1/s1. The molecule has 2 aliphatic carbocycles. The number of carboxylic acids is 1. The first-order chi connectivity index (χ1) is 15.3. The van der Waals surface area contributed by atoms with Gasteiger partial charge in [-0.05, 0) is 54.7 Å². The Hall–Kier alpha value is -2.52. The molecule has 0 spiro atoms. The molecule has 0 radical (unpaired) electrons. The van der Waals surface area contributed by atoms with E-state index in [1.807, 2.05) is 0 Å². The van der Waals surface area contributed by atoms with Crippen molar-refractivity contribution in [1.82, 2.24) is 0 Å². The molecule has 9 heteroatoms. The summed E-state index contributed by atoms with van der Waals surface area (Å²) in [5.74, 6) is -2.32. The fourth-order valence-corrected chi connectivity index (χ4v) is 7.21. The number of carbonyl (C=O) groups excluding carboxylic acids is 3. The summed E-state index contributed by atoms with van der Waals surface area (Å²) in [6, 6.07) is 12.3. The maximum atomic E-state index is 13.1. The van der Waals surface area contributed by atoms with Crippen LogP contribution in [0.2, 0.25) is 0 Å². The van der Waals surface area contributed by atoms with Gasteiger partial charge in [0.1, 0.15) is 0 Å². The number of nitrogens with one attached hydrogen (secondary N) is 1. The van der Waals surface area contributed by atoms with Gasteiger partial charge in [-0.25, -0.2) is 4.79 Å². The van der Waals surface area contributed by atoms with Gasteiger partial charge < -0.3 is 10.4 Å². The molecule has 2 N–H and O–H groups in total. The largest absolute Gasteiger partial charge is 0.478 e. The summed E-state index contributed by atoms with van der Waals surface area (Å²) in [6.07, 6.45) is 0.864. The zero-order valence-electron chi connectivity index (χ0n) is 16.6. The molecule has 32 heavy (non-hydrogen) atoms. The molecule has 2 aromatic carbocycles.